The van der Waals surface area contributed by atoms with E-state index in [2.05, 4.69) is 9.72 Å². The molecule has 15 heavy (non-hydrogen) atoms. The Morgan fingerprint density at radius 3 is 3.00 bits per heavy atom. The maximum absolute atomic E-state index is 11.4. The van der Waals surface area contributed by atoms with Crippen molar-refractivity contribution in [3.63, 3.8) is 0 Å². The molecule has 0 aliphatic rings. The highest BCUT2D eigenvalue weighted by Crippen LogP contribution is 2.29. The number of fused-ring (bicyclic) bond motifs is 1. The molecule has 0 bridgehead atoms. The van der Waals surface area contributed by atoms with Gasteiger partial charge >= 0.3 is 5.97 Å². The fraction of sp³-hybridized carbons (Fsp3) is 0.200. The monoisotopic (exact) mass is 222 g/mol. The van der Waals surface area contributed by atoms with Gasteiger partial charge in [-0.25, -0.2) is 9.78 Å². The van der Waals surface area contributed by atoms with Crippen molar-refractivity contribution in [3.05, 3.63) is 22.7 Å². The van der Waals surface area contributed by atoms with Gasteiger partial charge in [-0.2, -0.15) is 0 Å². The Balaban J connectivity index is 2.75. The smallest absolute Gasteiger partial charge is 0.340 e. The Labute approximate surface area is 90.7 Å². The molecule has 5 heteroatoms. The largest absolute Gasteiger partial charge is 0.465 e. The van der Waals surface area contributed by atoms with Crippen LogP contribution in [0.5, 0.6) is 0 Å². The number of carbonyl (C=O) groups excluding carboxylic acids is 1. The van der Waals surface area contributed by atoms with E-state index in [4.69, 9.17) is 5.73 Å². The number of hydrogen-bond donors (Lipinski definition) is 1. The molecule has 0 fully saturated rings. The highest BCUT2D eigenvalue weighted by atomic mass is 32.1. The number of aromatic nitrogens is 1. The third kappa shape index (κ3) is 1.45. The minimum atomic E-state index is -0.425. The third-order valence-corrected chi connectivity index (χ3v) is 3.28. The molecular weight excluding hydrogens is 212 g/mol. The Bertz CT molecular complexity index is 533. The van der Waals surface area contributed by atoms with Gasteiger partial charge in [-0.1, -0.05) is 0 Å². The molecule has 0 saturated carbocycles. The summed E-state index contributed by atoms with van der Waals surface area (Å²) < 4.78 is 5.67. The van der Waals surface area contributed by atoms with Gasteiger partial charge in [-0.05, 0) is 18.6 Å². The normalized spacial score (nSPS) is 10.5. The summed E-state index contributed by atoms with van der Waals surface area (Å²) in [5.41, 5.74) is 10.1. The van der Waals surface area contributed by atoms with Crippen molar-refractivity contribution in [1.29, 1.82) is 0 Å². The zero-order valence-corrected chi connectivity index (χ0v) is 9.22. The maximum atomic E-state index is 11.4. The highest BCUT2D eigenvalue weighted by Gasteiger charge is 2.15. The molecule has 0 radical (unpaired) electrons. The second-order valence-corrected chi connectivity index (χ2v) is 4.01. The zero-order valence-electron chi connectivity index (χ0n) is 8.40. The number of methoxy groups -OCH3 is 1. The van der Waals surface area contributed by atoms with E-state index >= 15 is 0 Å². The minimum Gasteiger partial charge on any atom is -0.465 e. The van der Waals surface area contributed by atoms with E-state index in [1.54, 1.807) is 11.6 Å². The van der Waals surface area contributed by atoms with Crippen molar-refractivity contribution in [1.82, 2.24) is 4.98 Å². The number of hydrogen-bond acceptors (Lipinski definition) is 5. The molecule has 2 aromatic rings. The predicted octanol–water partition coefficient (Wildman–Crippen LogP) is 1.97. The van der Waals surface area contributed by atoms with E-state index in [0.29, 0.717) is 11.3 Å². The molecule has 0 unspecified atom stereocenters. The van der Waals surface area contributed by atoms with Crippen LogP contribution in [0.2, 0.25) is 0 Å². The van der Waals surface area contributed by atoms with Crippen LogP contribution in [0, 0.1) is 6.92 Å². The molecule has 78 valence electrons. The first kappa shape index (κ1) is 9.92. The lowest BCUT2D eigenvalue weighted by molar-refractivity contribution is 0.0602. The Kier molecular flexibility index (Phi) is 2.32. The number of rotatable bonds is 1. The highest BCUT2D eigenvalue weighted by molar-refractivity contribution is 7.17. The number of benzene rings is 1. The first-order chi connectivity index (χ1) is 7.15. The molecule has 0 saturated heterocycles. The van der Waals surface area contributed by atoms with E-state index in [1.165, 1.54) is 18.4 Å². The van der Waals surface area contributed by atoms with Gasteiger partial charge in [0.15, 0.2) is 0 Å². The second kappa shape index (κ2) is 3.51. The second-order valence-electron chi connectivity index (χ2n) is 3.15. The Morgan fingerprint density at radius 2 is 2.33 bits per heavy atom. The van der Waals surface area contributed by atoms with Crippen molar-refractivity contribution >= 4 is 33.2 Å². The minimum absolute atomic E-state index is 0.383. The SMILES string of the molecule is COC(=O)c1cc2ncsc2c(C)c1N. The summed E-state index contributed by atoms with van der Waals surface area (Å²) in [5, 5.41) is 0. The molecule has 1 aromatic heterocycles. The number of nitrogen functional groups attached to an aromatic ring is 1. The lowest BCUT2D eigenvalue weighted by Crippen LogP contribution is -2.07. The maximum Gasteiger partial charge on any atom is 0.340 e. The molecule has 0 amide bonds. The summed E-state index contributed by atoms with van der Waals surface area (Å²) in [7, 11) is 1.34. The van der Waals surface area contributed by atoms with Crippen LogP contribution in [0.3, 0.4) is 0 Å². The summed E-state index contributed by atoms with van der Waals surface area (Å²) in [4.78, 5) is 15.6. The molecule has 0 aliphatic carbocycles. The topological polar surface area (TPSA) is 65.2 Å². The van der Waals surface area contributed by atoms with Crippen molar-refractivity contribution < 1.29 is 9.53 Å². The summed E-state index contributed by atoms with van der Waals surface area (Å²) in [6.07, 6.45) is 0. The van der Waals surface area contributed by atoms with Crippen LogP contribution in [0.4, 0.5) is 5.69 Å². The van der Waals surface area contributed by atoms with Crippen LogP contribution in [0.1, 0.15) is 15.9 Å². The van der Waals surface area contributed by atoms with Crippen molar-refractivity contribution in [2.45, 2.75) is 6.92 Å². The first-order valence-electron chi connectivity index (χ1n) is 4.35. The van der Waals surface area contributed by atoms with Crippen LogP contribution in [-0.2, 0) is 4.74 Å². The van der Waals surface area contributed by atoms with Crippen LogP contribution >= 0.6 is 11.3 Å². The fourth-order valence-electron chi connectivity index (χ4n) is 1.46. The number of ether oxygens (including phenoxy) is 1. The number of aryl methyl sites for hydroxylation is 1. The number of nitrogens with zero attached hydrogens (tertiary/aromatic N) is 1. The molecule has 1 heterocycles. The molecule has 0 atom stereocenters. The molecular formula is C10H10N2O2S. The fourth-order valence-corrected chi connectivity index (χ4v) is 2.25. The lowest BCUT2D eigenvalue weighted by atomic mass is 10.1. The predicted molar refractivity (Wildman–Crippen MR) is 60.1 cm³/mol. The number of anilines is 1. The van der Waals surface area contributed by atoms with Gasteiger partial charge in [0.05, 0.1) is 34.1 Å². The van der Waals surface area contributed by atoms with Crippen molar-refractivity contribution in [2.75, 3.05) is 12.8 Å². The van der Waals surface area contributed by atoms with E-state index in [0.717, 1.165) is 15.8 Å². The number of carbonyl (C=O) groups is 1. The van der Waals surface area contributed by atoms with Gasteiger partial charge in [0.2, 0.25) is 0 Å². The molecule has 2 N–H and O–H groups in total. The Morgan fingerprint density at radius 1 is 1.60 bits per heavy atom. The van der Waals surface area contributed by atoms with E-state index in [1.807, 2.05) is 6.92 Å². The molecule has 1 aromatic carbocycles. The standard InChI is InChI=1S/C10H10N2O2S/c1-5-8(11)6(10(13)14-2)3-7-9(5)15-4-12-7/h3-4H,11H2,1-2H3. The summed E-state index contributed by atoms with van der Waals surface area (Å²) in [6, 6.07) is 1.67. The van der Waals surface area contributed by atoms with Gasteiger partial charge in [-0.15, -0.1) is 11.3 Å². The first-order valence-corrected chi connectivity index (χ1v) is 5.23. The van der Waals surface area contributed by atoms with Crippen LogP contribution in [-0.4, -0.2) is 18.1 Å². The zero-order chi connectivity index (χ0) is 11.0. The van der Waals surface area contributed by atoms with E-state index < -0.39 is 5.97 Å². The van der Waals surface area contributed by atoms with Gasteiger partial charge < -0.3 is 10.5 Å². The lowest BCUT2D eigenvalue weighted by Gasteiger charge is -2.06. The number of esters is 1. The molecule has 0 aliphatic heterocycles. The summed E-state index contributed by atoms with van der Waals surface area (Å²) in [6.45, 7) is 1.88. The Hall–Kier alpha value is -1.62. The third-order valence-electron chi connectivity index (χ3n) is 2.32. The van der Waals surface area contributed by atoms with Crippen LogP contribution < -0.4 is 5.73 Å². The van der Waals surface area contributed by atoms with Crippen molar-refractivity contribution in [2.24, 2.45) is 0 Å². The molecule has 0 spiro atoms. The van der Waals surface area contributed by atoms with Gasteiger partial charge in [0, 0.05) is 0 Å². The molecule has 4 nitrogen and oxygen atoms in total. The van der Waals surface area contributed by atoms with Gasteiger partial charge in [0.25, 0.3) is 0 Å². The van der Waals surface area contributed by atoms with Gasteiger partial charge in [0.1, 0.15) is 0 Å². The summed E-state index contributed by atoms with van der Waals surface area (Å²) >= 11 is 1.51. The van der Waals surface area contributed by atoms with Gasteiger partial charge in [-0.3, -0.25) is 0 Å². The van der Waals surface area contributed by atoms with E-state index in [9.17, 15) is 4.79 Å². The van der Waals surface area contributed by atoms with Crippen molar-refractivity contribution in [3.8, 4) is 0 Å². The number of nitrogens with two attached hydrogens (primary N) is 1. The van der Waals surface area contributed by atoms with Crippen LogP contribution in [0.25, 0.3) is 10.2 Å². The quantitative estimate of drug-likeness (QED) is 0.591. The summed E-state index contributed by atoms with van der Waals surface area (Å²) in [5.74, 6) is -0.425. The number of thiazole rings is 1. The molecule has 2 rings (SSSR count). The van der Waals surface area contributed by atoms with E-state index in [-0.39, 0.29) is 0 Å². The average molecular weight is 222 g/mol. The van der Waals surface area contributed by atoms with Crippen LogP contribution in [0.15, 0.2) is 11.6 Å². The average Bonchev–Trinajstić information content (AvgIpc) is 2.70.